The van der Waals surface area contributed by atoms with Gasteiger partial charge in [-0.05, 0) is 63.3 Å². The Balaban J connectivity index is 2.20. The number of esters is 1. The van der Waals surface area contributed by atoms with Crippen LogP contribution < -0.4 is 14.2 Å². The summed E-state index contributed by atoms with van der Waals surface area (Å²) < 4.78 is 16.4. The molecule has 0 saturated carbocycles. The van der Waals surface area contributed by atoms with Crippen LogP contribution in [-0.2, 0) is 9.59 Å². The van der Waals surface area contributed by atoms with E-state index in [4.69, 9.17) is 14.2 Å². The molecule has 0 radical (unpaired) electrons. The van der Waals surface area contributed by atoms with Crippen LogP contribution >= 0.6 is 15.9 Å². The van der Waals surface area contributed by atoms with Gasteiger partial charge in [0.1, 0.15) is 11.8 Å². The molecule has 0 heterocycles. The molecule has 2 unspecified atom stereocenters. The highest BCUT2D eigenvalue weighted by molar-refractivity contribution is 9.10. The summed E-state index contributed by atoms with van der Waals surface area (Å²) >= 11 is 3.38. The molecule has 2 aromatic carbocycles. The van der Waals surface area contributed by atoms with Gasteiger partial charge in [-0.1, -0.05) is 32.4 Å². The van der Waals surface area contributed by atoms with Gasteiger partial charge in [0.15, 0.2) is 11.5 Å². The summed E-state index contributed by atoms with van der Waals surface area (Å²) in [5.41, 5.74) is 1.39. The molecule has 0 aromatic heterocycles. The van der Waals surface area contributed by atoms with Crippen molar-refractivity contribution in [2.45, 2.75) is 26.3 Å². The molecule has 0 aliphatic rings. The van der Waals surface area contributed by atoms with E-state index in [1.54, 1.807) is 31.4 Å². The lowest BCUT2D eigenvalue weighted by atomic mass is 10.00. The van der Waals surface area contributed by atoms with Crippen LogP contribution in [0.4, 0.5) is 0 Å². The van der Waals surface area contributed by atoms with E-state index < -0.39 is 18.0 Å². The molecule has 32 heavy (non-hydrogen) atoms. The quantitative estimate of drug-likeness (QED) is 0.212. The topological polar surface area (TPSA) is 94.4 Å². The fourth-order valence-corrected chi connectivity index (χ4v) is 3.34. The Morgan fingerprint density at radius 2 is 1.91 bits per heavy atom. The number of methoxy groups -OCH3 is 2. The van der Waals surface area contributed by atoms with Crippen molar-refractivity contribution in [1.82, 2.24) is 0 Å². The van der Waals surface area contributed by atoms with E-state index in [1.807, 2.05) is 32.0 Å². The molecule has 2 atom stereocenters. The number of rotatable bonds is 10. The molecule has 0 aliphatic carbocycles. The van der Waals surface area contributed by atoms with Crippen LogP contribution in [0, 0.1) is 5.92 Å². The zero-order valence-corrected chi connectivity index (χ0v) is 20.0. The van der Waals surface area contributed by atoms with Crippen molar-refractivity contribution >= 4 is 40.2 Å². The van der Waals surface area contributed by atoms with E-state index in [2.05, 4.69) is 20.9 Å². The van der Waals surface area contributed by atoms with Crippen molar-refractivity contribution in [3.63, 3.8) is 0 Å². The second kappa shape index (κ2) is 12.0. The molecule has 1 N–H and O–H groups in total. The monoisotopic (exact) mass is 503 g/mol. The molecule has 0 saturated heterocycles. The van der Waals surface area contributed by atoms with Gasteiger partial charge in [0.05, 0.1) is 18.7 Å². The normalized spacial score (nSPS) is 13.2. The summed E-state index contributed by atoms with van der Waals surface area (Å²) in [7, 11) is 3.02. The third-order valence-electron chi connectivity index (χ3n) is 4.78. The van der Waals surface area contributed by atoms with E-state index in [9.17, 15) is 14.7 Å². The van der Waals surface area contributed by atoms with Crippen LogP contribution in [-0.4, -0.2) is 43.5 Å². The Labute approximate surface area is 195 Å². The molecule has 0 aliphatic heterocycles. The molecule has 2 aromatic rings. The molecule has 170 valence electrons. The molecule has 0 bridgehead atoms. The number of carbonyl (C=O) groups is 2. The van der Waals surface area contributed by atoms with Crippen LogP contribution in [0.1, 0.15) is 31.4 Å². The standard InChI is InChI=1S/C24H26BrNO6/c1-5-15(2)22(24(28)29)26-14-17-12-19(25)23(20(13-17)31-4)32-21(27)10-9-16-7-6-8-18(11-16)30-3/h6-15,22H,5H2,1-4H3,(H,28,29)/b10-9+,26-14?. The van der Waals surface area contributed by atoms with Crippen molar-refractivity contribution in [1.29, 1.82) is 0 Å². The predicted octanol–water partition coefficient (Wildman–Crippen LogP) is 5.00. The highest BCUT2D eigenvalue weighted by Gasteiger charge is 2.22. The van der Waals surface area contributed by atoms with Crippen molar-refractivity contribution in [2.24, 2.45) is 10.9 Å². The number of halogens is 1. The molecule has 2 rings (SSSR count). The van der Waals surface area contributed by atoms with E-state index >= 15 is 0 Å². The molecule has 0 spiro atoms. The largest absolute Gasteiger partial charge is 0.497 e. The number of aliphatic imine (C=N–C) groups is 1. The number of hydrogen-bond donors (Lipinski definition) is 1. The molecular formula is C24H26BrNO6. The fraction of sp³-hybridized carbons (Fsp3) is 0.292. The van der Waals surface area contributed by atoms with Crippen LogP contribution in [0.25, 0.3) is 6.08 Å². The number of nitrogens with zero attached hydrogens (tertiary/aromatic N) is 1. The SMILES string of the molecule is CCC(C)C(N=Cc1cc(Br)c(OC(=O)/C=C/c2cccc(OC)c2)c(OC)c1)C(=O)O. The Morgan fingerprint density at radius 3 is 2.53 bits per heavy atom. The Morgan fingerprint density at radius 1 is 1.16 bits per heavy atom. The zero-order valence-electron chi connectivity index (χ0n) is 18.4. The van der Waals surface area contributed by atoms with Gasteiger partial charge in [-0.2, -0.15) is 0 Å². The summed E-state index contributed by atoms with van der Waals surface area (Å²) in [6, 6.07) is 9.71. The third kappa shape index (κ3) is 6.95. The molecule has 0 fully saturated rings. The molecular weight excluding hydrogens is 478 g/mol. The average molecular weight is 504 g/mol. The minimum Gasteiger partial charge on any atom is -0.497 e. The van der Waals surface area contributed by atoms with Gasteiger partial charge in [0, 0.05) is 12.3 Å². The first-order valence-corrected chi connectivity index (χ1v) is 10.8. The van der Waals surface area contributed by atoms with Gasteiger partial charge in [-0.25, -0.2) is 9.59 Å². The maximum Gasteiger partial charge on any atom is 0.336 e. The minimum absolute atomic E-state index is 0.106. The highest BCUT2D eigenvalue weighted by Crippen LogP contribution is 2.36. The van der Waals surface area contributed by atoms with Gasteiger partial charge in [-0.15, -0.1) is 0 Å². The Hall–Kier alpha value is -3.13. The van der Waals surface area contributed by atoms with Gasteiger partial charge in [-0.3, -0.25) is 4.99 Å². The minimum atomic E-state index is -0.977. The summed E-state index contributed by atoms with van der Waals surface area (Å²) in [6.45, 7) is 3.76. The van der Waals surface area contributed by atoms with Crippen LogP contribution in [0.15, 0.2) is 51.9 Å². The predicted molar refractivity (Wildman–Crippen MR) is 127 cm³/mol. The lowest BCUT2D eigenvalue weighted by Gasteiger charge is -2.14. The van der Waals surface area contributed by atoms with E-state index in [1.165, 1.54) is 19.4 Å². The summed E-state index contributed by atoms with van der Waals surface area (Å²) in [6.07, 6.45) is 5.10. The van der Waals surface area contributed by atoms with E-state index in [0.717, 1.165) is 5.56 Å². The number of hydrogen-bond acceptors (Lipinski definition) is 6. The number of ether oxygens (including phenoxy) is 3. The lowest BCUT2D eigenvalue weighted by molar-refractivity contribution is -0.139. The molecule has 0 amide bonds. The number of carboxylic acid groups (broad SMARTS) is 1. The number of carbonyl (C=O) groups excluding carboxylic acids is 1. The van der Waals surface area contributed by atoms with Crippen LogP contribution in [0.2, 0.25) is 0 Å². The van der Waals surface area contributed by atoms with Crippen molar-refractivity contribution < 1.29 is 28.9 Å². The maximum atomic E-state index is 12.3. The van der Waals surface area contributed by atoms with Crippen LogP contribution in [0.5, 0.6) is 17.2 Å². The number of carboxylic acids is 1. The zero-order chi connectivity index (χ0) is 23.7. The second-order valence-electron chi connectivity index (χ2n) is 7.01. The summed E-state index contributed by atoms with van der Waals surface area (Å²) in [5.74, 6) is -0.474. The Kier molecular flexibility index (Phi) is 9.46. The van der Waals surface area contributed by atoms with E-state index in [-0.39, 0.29) is 11.7 Å². The molecule has 8 heteroatoms. The van der Waals surface area contributed by atoms with Gasteiger partial charge >= 0.3 is 11.9 Å². The van der Waals surface area contributed by atoms with Crippen LogP contribution in [0.3, 0.4) is 0 Å². The fourth-order valence-electron chi connectivity index (χ4n) is 2.80. The first kappa shape index (κ1) is 25.1. The third-order valence-corrected chi connectivity index (χ3v) is 5.37. The van der Waals surface area contributed by atoms with Crippen molar-refractivity contribution in [3.05, 3.63) is 58.1 Å². The maximum absolute atomic E-state index is 12.3. The smallest absolute Gasteiger partial charge is 0.336 e. The molecule has 7 nitrogen and oxygen atoms in total. The first-order valence-electron chi connectivity index (χ1n) is 9.96. The highest BCUT2D eigenvalue weighted by atomic mass is 79.9. The Bertz CT molecular complexity index is 1020. The van der Waals surface area contributed by atoms with Gasteiger partial charge in [0.2, 0.25) is 0 Å². The first-order chi connectivity index (χ1) is 15.3. The summed E-state index contributed by atoms with van der Waals surface area (Å²) in [5, 5.41) is 9.39. The van der Waals surface area contributed by atoms with Gasteiger partial charge < -0.3 is 19.3 Å². The number of benzene rings is 2. The van der Waals surface area contributed by atoms with E-state index in [0.29, 0.717) is 28.0 Å². The number of aliphatic carboxylic acids is 1. The summed E-state index contributed by atoms with van der Waals surface area (Å²) in [4.78, 5) is 28.0. The average Bonchev–Trinajstić information content (AvgIpc) is 2.78. The van der Waals surface area contributed by atoms with Crippen molar-refractivity contribution in [3.8, 4) is 17.2 Å². The van der Waals surface area contributed by atoms with Gasteiger partial charge in [0.25, 0.3) is 0 Å². The second-order valence-corrected chi connectivity index (χ2v) is 7.87. The lowest BCUT2D eigenvalue weighted by Crippen LogP contribution is -2.25. The van der Waals surface area contributed by atoms with Crippen molar-refractivity contribution in [2.75, 3.05) is 14.2 Å².